The molecule has 0 atom stereocenters. The monoisotopic (exact) mass is 397 g/mol. The molecule has 0 saturated carbocycles. The van der Waals surface area contributed by atoms with Crippen molar-refractivity contribution >= 4 is 28.5 Å². The molecule has 0 amide bonds. The SMILES string of the molecule is OCCNc1cc(-c2ccc3ncn(Cc4cncc(F)c4)c3c2)c(Cl)cn1. The van der Waals surface area contributed by atoms with Crippen molar-refractivity contribution in [2.75, 3.05) is 18.5 Å². The van der Waals surface area contributed by atoms with E-state index in [9.17, 15) is 4.39 Å². The van der Waals surface area contributed by atoms with Crippen LogP contribution in [0.2, 0.25) is 5.02 Å². The maximum absolute atomic E-state index is 13.4. The summed E-state index contributed by atoms with van der Waals surface area (Å²) in [6.07, 6.45) is 6.12. The normalized spacial score (nSPS) is 11.1. The molecule has 0 unspecified atom stereocenters. The second kappa shape index (κ2) is 7.92. The lowest BCUT2D eigenvalue weighted by atomic mass is 10.1. The van der Waals surface area contributed by atoms with Crippen molar-refractivity contribution in [3.8, 4) is 11.1 Å². The van der Waals surface area contributed by atoms with Crippen LogP contribution in [-0.4, -0.2) is 37.8 Å². The highest BCUT2D eigenvalue weighted by Gasteiger charge is 2.10. The molecule has 0 aliphatic heterocycles. The Morgan fingerprint density at radius 3 is 2.82 bits per heavy atom. The van der Waals surface area contributed by atoms with Crippen LogP contribution in [0.25, 0.3) is 22.2 Å². The largest absolute Gasteiger partial charge is 0.395 e. The number of imidazole rings is 1. The number of pyridine rings is 2. The summed E-state index contributed by atoms with van der Waals surface area (Å²) < 4.78 is 15.4. The maximum atomic E-state index is 13.4. The molecule has 4 rings (SSSR count). The van der Waals surface area contributed by atoms with Gasteiger partial charge in [0, 0.05) is 24.5 Å². The molecule has 3 aromatic heterocycles. The number of aliphatic hydroxyl groups is 1. The van der Waals surface area contributed by atoms with Gasteiger partial charge in [-0.3, -0.25) is 4.98 Å². The first-order valence-corrected chi connectivity index (χ1v) is 9.07. The van der Waals surface area contributed by atoms with Crippen molar-refractivity contribution in [3.05, 3.63) is 71.7 Å². The fourth-order valence-electron chi connectivity index (χ4n) is 3.03. The van der Waals surface area contributed by atoms with Gasteiger partial charge in [-0.2, -0.15) is 0 Å². The Morgan fingerprint density at radius 2 is 2.00 bits per heavy atom. The van der Waals surface area contributed by atoms with Crippen LogP contribution < -0.4 is 5.32 Å². The third-order valence-corrected chi connectivity index (χ3v) is 4.62. The van der Waals surface area contributed by atoms with E-state index < -0.39 is 0 Å². The number of rotatable bonds is 6. The van der Waals surface area contributed by atoms with Crippen molar-refractivity contribution < 1.29 is 9.50 Å². The smallest absolute Gasteiger partial charge is 0.141 e. The molecule has 0 bridgehead atoms. The quantitative estimate of drug-likeness (QED) is 0.518. The van der Waals surface area contributed by atoms with Gasteiger partial charge in [0.25, 0.3) is 0 Å². The third kappa shape index (κ3) is 3.81. The van der Waals surface area contributed by atoms with E-state index in [0.717, 1.165) is 27.7 Å². The lowest BCUT2D eigenvalue weighted by molar-refractivity contribution is 0.311. The third-order valence-electron chi connectivity index (χ3n) is 4.32. The van der Waals surface area contributed by atoms with Gasteiger partial charge >= 0.3 is 0 Å². The van der Waals surface area contributed by atoms with Crippen LogP contribution in [-0.2, 0) is 6.54 Å². The predicted octanol–water partition coefficient (Wildman–Crippen LogP) is 3.74. The number of nitrogens with zero attached hydrogens (tertiary/aromatic N) is 4. The van der Waals surface area contributed by atoms with Gasteiger partial charge < -0.3 is 15.0 Å². The maximum Gasteiger partial charge on any atom is 0.141 e. The van der Waals surface area contributed by atoms with Crippen molar-refractivity contribution in [3.63, 3.8) is 0 Å². The Balaban J connectivity index is 1.71. The van der Waals surface area contributed by atoms with E-state index in [4.69, 9.17) is 16.7 Å². The second-order valence-corrected chi connectivity index (χ2v) is 6.69. The molecular formula is C20H17ClFN5O. The number of halogens is 2. The van der Waals surface area contributed by atoms with Crippen LogP contribution in [0.4, 0.5) is 10.2 Å². The van der Waals surface area contributed by atoms with Crippen molar-refractivity contribution in [2.45, 2.75) is 6.54 Å². The number of fused-ring (bicyclic) bond motifs is 1. The van der Waals surface area contributed by atoms with Gasteiger partial charge in [-0.05, 0) is 35.4 Å². The number of nitrogens with one attached hydrogen (secondary N) is 1. The van der Waals surface area contributed by atoms with E-state index >= 15 is 0 Å². The summed E-state index contributed by atoms with van der Waals surface area (Å²) >= 11 is 6.36. The summed E-state index contributed by atoms with van der Waals surface area (Å²) in [5, 5.41) is 12.5. The average Bonchev–Trinajstić information content (AvgIpc) is 3.09. The zero-order valence-corrected chi connectivity index (χ0v) is 15.6. The minimum Gasteiger partial charge on any atom is -0.395 e. The van der Waals surface area contributed by atoms with Crippen molar-refractivity contribution in [1.82, 2.24) is 19.5 Å². The number of aliphatic hydroxyl groups excluding tert-OH is 1. The summed E-state index contributed by atoms with van der Waals surface area (Å²) in [5.74, 6) is 0.266. The highest BCUT2D eigenvalue weighted by Crippen LogP contribution is 2.31. The highest BCUT2D eigenvalue weighted by atomic mass is 35.5. The van der Waals surface area contributed by atoms with E-state index in [1.165, 1.54) is 12.3 Å². The first-order chi connectivity index (χ1) is 13.6. The average molecular weight is 398 g/mol. The summed E-state index contributed by atoms with van der Waals surface area (Å²) in [6, 6.07) is 9.16. The first-order valence-electron chi connectivity index (χ1n) is 8.69. The van der Waals surface area contributed by atoms with Gasteiger partial charge in [0.05, 0.1) is 41.7 Å². The number of aromatic nitrogens is 4. The Morgan fingerprint density at radius 1 is 1.11 bits per heavy atom. The Bertz CT molecular complexity index is 1130. The summed E-state index contributed by atoms with van der Waals surface area (Å²) in [6.45, 7) is 0.874. The summed E-state index contributed by atoms with van der Waals surface area (Å²) in [5.41, 5.74) is 4.21. The molecule has 1 aromatic carbocycles. The molecule has 3 heterocycles. The minimum absolute atomic E-state index is 0.0136. The molecule has 0 aliphatic rings. The number of hydrogen-bond acceptors (Lipinski definition) is 5. The molecule has 8 heteroatoms. The molecule has 0 saturated heterocycles. The molecule has 2 N–H and O–H groups in total. The molecule has 6 nitrogen and oxygen atoms in total. The molecular weight excluding hydrogens is 381 g/mol. The Labute approximate surface area is 165 Å². The van der Waals surface area contributed by atoms with Gasteiger partial charge in [-0.25, -0.2) is 14.4 Å². The molecule has 4 aromatic rings. The fraction of sp³-hybridized carbons (Fsp3) is 0.150. The lowest BCUT2D eigenvalue weighted by Crippen LogP contribution is -2.06. The summed E-state index contributed by atoms with van der Waals surface area (Å²) in [7, 11) is 0. The predicted molar refractivity (Wildman–Crippen MR) is 107 cm³/mol. The van der Waals surface area contributed by atoms with Gasteiger partial charge in [-0.1, -0.05) is 17.7 Å². The van der Waals surface area contributed by atoms with E-state index in [2.05, 4.69) is 20.3 Å². The van der Waals surface area contributed by atoms with Crippen molar-refractivity contribution in [1.29, 1.82) is 0 Å². The molecule has 142 valence electrons. The molecule has 0 radical (unpaired) electrons. The van der Waals surface area contributed by atoms with Gasteiger partial charge in [0.1, 0.15) is 11.6 Å². The zero-order valence-electron chi connectivity index (χ0n) is 14.8. The molecule has 28 heavy (non-hydrogen) atoms. The molecule has 0 fully saturated rings. The van der Waals surface area contributed by atoms with Gasteiger partial charge in [-0.15, -0.1) is 0 Å². The van der Waals surface area contributed by atoms with Crippen LogP contribution in [0.3, 0.4) is 0 Å². The van der Waals surface area contributed by atoms with E-state index in [-0.39, 0.29) is 12.4 Å². The van der Waals surface area contributed by atoms with E-state index in [1.807, 2.05) is 28.8 Å². The number of anilines is 1. The van der Waals surface area contributed by atoms with Gasteiger partial charge in [0.15, 0.2) is 0 Å². The van der Waals surface area contributed by atoms with Crippen LogP contribution in [0, 0.1) is 5.82 Å². The Hall–Kier alpha value is -3.03. The van der Waals surface area contributed by atoms with Crippen LogP contribution in [0.15, 0.2) is 55.2 Å². The van der Waals surface area contributed by atoms with E-state index in [1.54, 1.807) is 18.7 Å². The van der Waals surface area contributed by atoms with Crippen LogP contribution in [0.1, 0.15) is 5.56 Å². The standard InChI is InChI=1S/C20H17ClFN5O/c21-17-10-25-20(24-3-4-28)7-16(17)14-1-2-18-19(6-14)27(12-26-18)11-13-5-15(22)9-23-8-13/h1-2,5-10,12,28H,3-4,11H2,(H,24,25). The highest BCUT2D eigenvalue weighted by molar-refractivity contribution is 6.33. The fourth-order valence-corrected chi connectivity index (χ4v) is 3.24. The van der Waals surface area contributed by atoms with Crippen molar-refractivity contribution in [2.24, 2.45) is 0 Å². The Kier molecular flexibility index (Phi) is 5.18. The van der Waals surface area contributed by atoms with Crippen LogP contribution in [0.5, 0.6) is 0 Å². The van der Waals surface area contributed by atoms with E-state index in [0.29, 0.717) is 23.9 Å². The second-order valence-electron chi connectivity index (χ2n) is 6.29. The zero-order chi connectivity index (χ0) is 19.5. The number of benzene rings is 1. The molecule has 0 spiro atoms. The van der Waals surface area contributed by atoms with Gasteiger partial charge in [0.2, 0.25) is 0 Å². The minimum atomic E-state index is -0.367. The van der Waals surface area contributed by atoms with Crippen LogP contribution >= 0.6 is 11.6 Å². The lowest BCUT2D eigenvalue weighted by Gasteiger charge is -2.10. The first kappa shape index (κ1) is 18.3. The molecule has 0 aliphatic carbocycles. The topological polar surface area (TPSA) is 75.9 Å². The summed E-state index contributed by atoms with van der Waals surface area (Å²) in [4.78, 5) is 12.5. The number of hydrogen-bond donors (Lipinski definition) is 2.